The summed E-state index contributed by atoms with van der Waals surface area (Å²) in [5.41, 5.74) is 7.94. The van der Waals surface area contributed by atoms with Gasteiger partial charge in [-0.25, -0.2) is 0 Å². The van der Waals surface area contributed by atoms with Gasteiger partial charge in [0, 0.05) is 31.7 Å². The molecule has 0 spiro atoms. The Labute approximate surface area is 257 Å². The van der Waals surface area contributed by atoms with Gasteiger partial charge in [-0.2, -0.15) is 0 Å². The molecule has 0 aliphatic carbocycles. The first-order chi connectivity index (χ1) is 20.5. The molecular weight excluding hydrogens is 575 g/mol. The summed E-state index contributed by atoms with van der Waals surface area (Å²) in [6, 6.07) is 35.7. The lowest BCUT2D eigenvalue weighted by Gasteiger charge is -2.25. The van der Waals surface area contributed by atoms with Crippen LogP contribution in [0.5, 0.6) is 0 Å². The summed E-state index contributed by atoms with van der Waals surface area (Å²) in [7, 11) is 0. The Kier molecular flexibility index (Phi) is 8.11. The standard InChI is InChI=1S/C36H27NO2S3/c1-24-3-11-28(12-4-24)37(29-13-5-25(2)6-14-29)30-15-8-26(9-16-30)7-10-27-21-35(33-19-17-31(22-38)40-33)42-36(27)34-20-18-32(23-39)41-34/h3-23H,1-2H3/b10-7+. The molecule has 0 unspecified atom stereocenters. The van der Waals surface area contributed by atoms with Gasteiger partial charge in [0.2, 0.25) is 0 Å². The second-order valence-corrected chi connectivity index (χ2v) is 13.2. The molecule has 0 atom stereocenters. The monoisotopic (exact) mass is 601 g/mol. The minimum atomic E-state index is 0.705. The van der Waals surface area contributed by atoms with Gasteiger partial charge in [0.15, 0.2) is 12.6 Å². The molecule has 206 valence electrons. The van der Waals surface area contributed by atoms with Crippen LogP contribution < -0.4 is 4.90 Å². The first-order valence-electron chi connectivity index (χ1n) is 13.5. The first-order valence-corrected chi connectivity index (χ1v) is 15.9. The highest BCUT2D eigenvalue weighted by atomic mass is 32.1. The Morgan fingerprint density at radius 1 is 0.524 bits per heavy atom. The molecule has 0 saturated heterocycles. The number of carbonyl (C=O) groups is 2. The molecule has 3 aromatic heterocycles. The molecule has 0 bridgehead atoms. The molecule has 6 rings (SSSR count). The average molecular weight is 602 g/mol. The number of hydrogen-bond donors (Lipinski definition) is 0. The summed E-state index contributed by atoms with van der Waals surface area (Å²) < 4.78 is 0. The van der Waals surface area contributed by atoms with Crippen molar-refractivity contribution in [1.29, 1.82) is 0 Å². The largest absolute Gasteiger partial charge is 0.311 e. The van der Waals surface area contributed by atoms with E-state index in [0.717, 1.165) is 60.3 Å². The zero-order chi connectivity index (χ0) is 29.1. The van der Waals surface area contributed by atoms with Gasteiger partial charge in [-0.15, -0.1) is 34.0 Å². The van der Waals surface area contributed by atoms with Crippen molar-refractivity contribution in [2.45, 2.75) is 13.8 Å². The van der Waals surface area contributed by atoms with Crippen molar-refractivity contribution in [2.24, 2.45) is 0 Å². The highest BCUT2D eigenvalue weighted by Crippen LogP contribution is 2.43. The van der Waals surface area contributed by atoms with E-state index in [-0.39, 0.29) is 0 Å². The molecule has 42 heavy (non-hydrogen) atoms. The van der Waals surface area contributed by atoms with E-state index in [1.54, 1.807) is 11.3 Å². The van der Waals surface area contributed by atoms with Crippen molar-refractivity contribution in [3.63, 3.8) is 0 Å². The van der Waals surface area contributed by atoms with Crippen LogP contribution in [-0.2, 0) is 0 Å². The first kappa shape index (κ1) is 27.8. The van der Waals surface area contributed by atoms with E-state index in [1.807, 2.05) is 24.3 Å². The van der Waals surface area contributed by atoms with Crippen molar-refractivity contribution in [3.05, 3.63) is 135 Å². The summed E-state index contributed by atoms with van der Waals surface area (Å²) in [5.74, 6) is 0. The molecule has 0 radical (unpaired) electrons. The molecule has 6 aromatic rings. The van der Waals surface area contributed by atoms with Crippen molar-refractivity contribution < 1.29 is 9.59 Å². The van der Waals surface area contributed by atoms with Gasteiger partial charge in [-0.05, 0) is 91.7 Å². The minimum Gasteiger partial charge on any atom is -0.311 e. The summed E-state index contributed by atoms with van der Waals surface area (Å²) in [4.78, 5) is 30.6. The Morgan fingerprint density at radius 3 is 1.55 bits per heavy atom. The third-order valence-corrected chi connectivity index (χ3v) is 10.5. The van der Waals surface area contributed by atoms with E-state index in [0.29, 0.717) is 9.75 Å². The Balaban J connectivity index is 1.33. The van der Waals surface area contributed by atoms with Gasteiger partial charge in [0.05, 0.1) is 14.6 Å². The quantitative estimate of drug-likeness (QED) is 0.155. The Hall–Kier alpha value is -4.36. The highest BCUT2D eigenvalue weighted by Gasteiger charge is 2.15. The number of anilines is 3. The normalized spacial score (nSPS) is 11.2. The van der Waals surface area contributed by atoms with Gasteiger partial charge in [-0.1, -0.05) is 59.7 Å². The van der Waals surface area contributed by atoms with Crippen molar-refractivity contribution in [2.75, 3.05) is 4.90 Å². The number of benzene rings is 3. The zero-order valence-corrected chi connectivity index (χ0v) is 25.6. The van der Waals surface area contributed by atoms with Gasteiger partial charge < -0.3 is 4.90 Å². The Bertz CT molecular complexity index is 1830. The number of rotatable bonds is 9. The molecule has 0 N–H and O–H groups in total. The van der Waals surface area contributed by atoms with Crippen LogP contribution in [0.3, 0.4) is 0 Å². The number of aryl methyl sites for hydroxylation is 2. The minimum absolute atomic E-state index is 0.705. The molecule has 0 amide bonds. The lowest BCUT2D eigenvalue weighted by Crippen LogP contribution is -2.09. The van der Waals surface area contributed by atoms with Crippen molar-refractivity contribution in [1.82, 2.24) is 0 Å². The van der Waals surface area contributed by atoms with Gasteiger partial charge >= 0.3 is 0 Å². The number of nitrogens with zero attached hydrogens (tertiary/aromatic N) is 1. The van der Waals surface area contributed by atoms with Crippen LogP contribution in [0.15, 0.2) is 103 Å². The molecule has 6 heteroatoms. The maximum atomic E-state index is 11.4. The molecular formula is C36H27NO2S3. The summed E-state index contributed by atoms with van der Waals surface area (Å²) >= 11 is 4.67. The SMILES string of the molecule is Cc1ccc(N(c2ccc(C)cc2)c2ccc(/C=C/c3cc(-c4ccc(C=O)s4)sc3-c3ccc(C=O)s3)cc2)cc1. The average Bonchev–Trinajstić information content (AvgIpc) is 3.78. The summed E-state index contributed by atoms with van der Waals surface area (Å²) in [6.45, 7) is 4.21. The highest BCUT2D eigenvalue weighted by molar-refractivity contribution is 7.27. The molecule has 0 aliphatic rings. The van der Waals surface area contributed by atoms with E-state index < -0.39 is 0 Å². The van der Waals surface area contributed by atoms with E-state index in [1.165, 1.54) is 33.8 Å². The van der Waals surface area contributed by atoms with Crippen LogP contribution >= 0.6 is 34.0 Å². The topological polar surface area (TPSA) is 37.4 Å². The maximum Gasteiger partial charge on any atom is 0.160 e. The van der Waals surface area contributed by atoms with E-state index >= 15 is 0 Å². The molecule has 3 nitrogen and oxygen atoms in total. The van der Waals surface area contributed by atoms with Crippen LogP contribution in [0.1, 0.15) is 41.6 Å². The smallest absolute Gasteiger partial charge is 0.160 e. The third kappa shape index (κ3) is 5.97. The molecule has 3 aromatic carbocycles. The Morgan fingerprint density at radius 2 is 1.02 bits per heavy atom. The second-order valence-electron chi connectivity index (χ2n) is 9.97. The van der Waals surface area contributed by atoms with Gasteiger partial charge in [0.25, 0.3) is 0 Å². The van der Waals surface area contributed by atoms with E-state index in [4.69, 9.17) is 0 Å². The van der Waals surface area contributed by atoms with Gasteiger partial charge in [0.1, 0.15) is 0 Å². The zero-order valence-electron chi connectivity index (χ0n) is 23.1. The van der Waals surface area contributed by atoms with Crippen LogP contribution in [0.2, 0.25) is 0 Å². The van der Waals surface area contributed by atoms with Crippen molar-refractivity contribution in [3.8, 4) is 19.5 Å². The fraction of sp³-hybridized carbons (Fsp3) is 0.0556. The van der Waals surface area contributed by atoms with Crippen LogP contribution in [0.4, 0.5) is 17.1 Å². The van der Waals surface area contributed by atoms with Crippen molar-refractivity contribution >= 4 is 75.8 Å². The molecule has 0 aliphatic heterocycles. The third-order valence-electron chi connectivity index (χ3n) is 6.90. The number of hydrogen-bond acceptors (Lipinski definition) is 6. The fourth-order valence-electron chi connectivity index (χ4n) is 4.69. The molecule has 3 heterocycles. The van der Waals surface area contributed by atoms with E-state index in [9.17, 15) is 9.59 Å². The summed E-state index contributed by atoms with van der Waals surface area (Å²) in [5, 5.41) is 0. The van der Waals surface area contributed by atoms with Crippen LogP contribution in [0.25, 0.3) is 31.7 Å². The molecule has 0 fully saturated rings. The number of aldehydes is 2. The fourth-order valence-corrected chi connectivity index (χ4v) is 7.69. The second kappa shape index (κ2) is 12.2. The summed E-state index contributed by atoms with van der Waals surface area (Å²) in [6.07, 6.45) is 6.05. The van der Waals surface area contributed by atoms with Gasteiger partial charge in [-0.3, -0.25) is 9.59 Å². The lowest BCUT2D eigenvalue weighted by atomic mass is 10.1. The van der Waals surface area contributed by atoms with Crippen LogP contribution in [0, 0.1) is 13.8 Å². The number of carbonyl (C=O) groups excluding carboxylic acids is 2. The van der Waals surface area contributed by atoms with Crippen LogP contribution in [-0.4, -0.2) is 12.6 Å². The number of thiophene rings is 3. The maximum absolute atomic E-state index is 11.4. The molecule has 0 saturated carbocycles. The lowest BCUT2D eigenvalue weighted by molar-refractivity contribution is 0.111. The predicted molar refractivity (Wildman–Crippen MR) is 181 cm³/mol. The predicted octanol–water partition coefficient (Wildman–Crippen LogP) is 11.1. The van der Waals surface area contributed by atoms with E-state index in [2.05, 4.69) is 110 Å².